The van der Waals surface area contributed by atoms with Crippen LogP contribution in [0.3, 0.4) is 0 Å². The molecule has 1 aliphatic carbocycles. The molecule has 0 unspecified atom stereocenters. The Labute approximate surface area is 121 Å². The van der Waals surface area contributed by atoms with Crippen molar-refractivity contribution < 1.29 is 4.79 Å². The third kappa shape index (κ3) is 2.70. The van der Waals surface area contributed by atoms with E-state index < -0.39 is 5.41 Å². The maximum Gasteiger partial charge on any atom is 0.247 e. The number of carbonyl (C=O) groups excluding carboxylic acids is 1. The maximum absolute atomic E-state index is 12.9. The topological polar surface area (TPSA) is 44.1 Å². The third-order valence-corrected chi connectivity index (χ3v) is 4.36. The van der Waals surface area contributed by atoms with Crippen LogP contribution in [0.4, 0.5) is 5.69 Å². The predicted molar refractivity (Wildman–Crippen MR) is 80.3 cm³/mol. The molecular weight excluding hydrogens is 248 g/mol. The van der Waals surface area contributed by atoms with Crippen LogP contribution in [0.5, 0.6) is 0 Å². The van der Waals surface area contributed by atoms with Gasteiger partial charge in [-0.15, -0.1) is 0 Å². The number of benzene rings is 1. The maximum atomic E-state index is 12.9. The zero-order valence-corrected chi connectivity index (χ0v) is 12.4. The van der Waals surface area contributed by atoms with Crippen LogP contribution in [0.25, 0.3) is 0 Å². The number of anilines is 1. The van der Waals surface area contributed by atoms with Crippen molar-refractivity contribution in [3.05, 3.63) is 29.8 Å². The molecule has 0 radical (unpaired) electrons. The van der Waals surface area contributed by atoms with E-state index >= 15 is 0 Å². The summed E-state index contributed by atoms with van der Waals surface area (Å²) in [4.78, 5) is 14.5. The number of para-hydroxylation sites is 1. The molecular formula is C17H22N2O. The molecule has 1 aromatic rings. The summed E-state index contributed by atoms with van der Waals surface area (Å²) in [6.45, 7) is 1.99. The molecule has 20 heavy (non-hydrogen) atoms. The normalized spacial score (nSPS) is 17.9. The summed E-state index contributed by atoms with van der Waals surface area (Å²) in [5.74, 6) is -0.0452. The van der Waals surface area contributed by atoms with Gasteiger partial charge in [-0.3, -0.25) is 4.79 Å². The van der Waals surface area contributed by atoms with Gasteiger partial charge in [0.05, 0.1) is 6.07 Å². The quantitative estimate of drug-likeness (QED) is 0.767. The second kappa shape index (κ2) is 6.09. The largest absolute Gasteiger partial charge is 0.314 e. The summed E-state index contributed by atoms with van der Waals surface area (Å²) in [5.41, 5.74) is 1.13. The zero-order chi connectivity index (χ0) is 14.6. The summed E-state index contributed by atoms with van der Waals surface area (Å²) < 4.78 is 0. The second-order valence-electron chi connectivity index (χ2n) is 5.76. The van der Waals surface area contributed by atoms with Crippen LogP contribution in [-0.4, -0.2) is 13.0 Å². The molecule has 3 heteroatoms. The van der Waals surface area contributed by atoms with Crippen LogP contribution in [0.15, 0.2) is 24.3 Å². The van der Waals surface area contributed by atoms with Crippen LogP contribution < -0.4 is 4.90 Å². The van der Waals surface area contributed by atoms with E-state index in [9.17, 15) is 10.1 Å². The van der Waals surface area contributed by atoms with Gasteiger partial charge >= 0.3 is 0 Å². The van der Waals surface area contributed by atoms with E-state index in [0.717, 1.165) is 36.9 Å². The smallest absolute Gasteiger partial charge is 0.247 e. The van der Waals surface area contributed by atoms with Gasteiger partial charge in [-0.2, -0.15) is 5.26 Å². The van der Waals surface area contributed by atoms with Gasteiger partial charge in [0.1, 0.15) is 5.41 Å². The molecule has 0 bridgehead atoms. The first kappa shape index (κ1) is 14.6. The van der Waals surface area contributed by atoms with E-state index in [1.54, 1.807) is 11.9 Å². The SMILES string of the molecule is Cc1ccccc1N(C)C(=O)C1(C#N)CCCCCC1. The molecule has 1 saturated carbocycles. The summed E-state index contributed by atoms with van der Waals surface area (Å²) >= 11 is 0. The fourth-order valence-corrected chi connectivity index (χ4v) is 3.08. The molecule has 0 atom stereocenters. The van der Waals surface area contributed by atoms with Crippen LogP contribution in [-0.2, 0) is 4.79 Å². The minimum absolute atomic E-state index is 0.0452. The van der Waals surface area contributed by atoms with Crippen LogP contribution in [0.1, 0.15) is 44.1 Å². The molecule has 3 nitrogen and oxygen atoms in total. The monoisotopic (exact) mass is 270 g/mol. The van der Waals surface area contributed by atoms with Crippen LogP contribution >= 0.6 is 0 Å². The average Bonchev–Trinajstić information content (AvgIpc) is 2.72. The fraction of sp³-hybridized carbons (Fsp3) is 0.529. The number of amides is 1. The summed E-state index contributed by atoms with van der Waals surface area (Å²) in [7, 11) is 1.79. The van der Waals surface area contributed by atoms with Gasteiger partial charge in [0.15, 0.2) is 0 Å². The standard InChI is InChI=1S/C17H22N2O/c1-14-9-5-6-10-15(14)19(2)16(20)17(13-18)11-7-3-4-8-12-17/h5-6,9-10H,3-4,7-8,11-12H2,1-2H3. The van der Waals surface area contributed by atoms with E-state index in [2.05, 4.69) is 6.07 Å². The molecule has 0 saturated heterocycles. The molecule has 0 aromatic heterocycles. The van der Waals surface area contributed by atoms with E-state index in [-0.39, 0.29) is 5.91 Å². The Morgan fingerprint density at radius 2 is 1.80 bits per heavy atom. The van der Waals surface area contributed by atoms with Crippen molar-refractivity contribution in [3.8, 4) is 6.07 Å². The van der Waals surface area contributed by atoms with Gasteiger partial charge in [0.2, 0.25) is 5.91 Å². The molecule has 1 aromatic carbocycles. The number of hydrogen-bond acceptors (Lipinski definition) is 2. The van der Waals surface area contributed by atoms with E-state index in [1.165, 1.54) is 0 Å². The van der Waals surface area contributed by atoms with E-state index in [4.69, 9.17) is 0 Å². The highest BCUT2D eigenvalue weighted by molar-refractivity contribution is 5.99. The Bertz CT molecular complexity index is 522. The predicted octanol–water partition coefficient (Wildman–Crippen LogP) is 3.82. The Kier molecular flexibility index (Phi) is 4.44. The van der Waals surface area contributed by atoms with E-state index in [0.29, 0.717) is 12.8 Å². The molecule has 0 N–H and O–H groups in total. The van der Waals surface area contributed by atoms with Gasteiger partial charge < -0.3 is 4.90 Å². The fourth-order valence-electron chi connectivity index (χ4n) is 3.08. The summed E-state index contributed by atoms with van der Waals surface area (Å²) in [6, 6.07) is 10.2. The minimum atomic E-state index is -0.826. The summed E-state index contributed by atoms with van der Waals surface area (Å²) in [5, 5.41) is 9.60. The lowest BCUT2D eigenvalue weighted by atomic mass is 9.80. The first-order valence-corrected chi connectivity index (χ1v) is 7.36. The highest BCUT2D eigenvalue weighted by Gasteiger charge is 2.41. The Morgan fingerprint density at radius 1 is 1.20 bits per heavy atom. The first-order valence-electron chi connectivity index (χ1n) is 7.36. The van der Waals surface area contributed by atoms with Crippen molar-refractivity contribution in [1.82, 2.24) is 0 Å². The number of nitrogens with zero attached hydrogens (tertiary/aromatic N) is 2. The lowest BCUT2D eigenvalue weighted by molar-refractivity contribution is -0.125. The molecule has 0 aliphatic heterocycles. The van der Waals surface area contributed by atoms with E-state index in [1.807, 2.05) is 31.2 Å². The van der Waals surface area contributed by atoms with Gasteiger partial charge in [-0.25, -0.2) is 0 Å². The lowest BCUT2D eigenvalue weighted by Gasteiger charge is -2.30. The minimum Gasteiger partial charge on any atom is -0.314 e. The molecule has 0 heterocycles. The molecule has 1 amide bonds. The Balaban J connectivity index is 2.29. The van der Waals surface area contributed by atoms with Crippen molar-refractivity contribution in [2.24, 2.45) is 5.41 Å². The molecule has 0 spiro atoms. The highest BCUT2D eigenvalue weighted by Crippen LogP contribution is 2.37. The zero-order valence-electron chi connectivity index (χ0n) is 12.4. The van der Waals surface area contributed by atoms with Crippen molar-refractivity contribution in [2.45, 2.75) is 45.4 Å². The molecule has 106 valence electrons. The first-order chi connectivity index (χ1) is 9.60. The average molecular weight is 270 g/mol. The van der Waals surface area contributed by atoms with Crippen molar-refractivity contribution in [3.63, 3.8) is 0 Å². The van der Waals surface area contributed by atoms with Gasteiger partial charge in [0.25, 0.3) is 0 Å². The number of aryl methyl sites for hydroxylation is 1. The van der Waals surface area contributed by atoms with Crippen LogP contribution in [0.2, 0.25) is 0 Å². The molecule has 2 rings (SSSR count). The summed E-state index contributed by atoms with van der Waals surface area (Å²) in [6.07, 6.45) is 5.59. The highest BCUT2D eigenvalue weighted by atomic mass is 16.2. The Morgan fingerprint density at radius 3 is 2.35 bits per heavy atom. The molecule has 1 fully saturated rings. The Hall–Kier alpha value is -1.82. The number of rotatable bonds is 2. The number of nitriles is 1. The van der Waals surface area contributed by atoms with Gasteiger partial charge in [-0.05, 0) is 31.4 Å². The third-order valence-electron chi connectivity index (χ3n) is 4.36. The number of hydrogen-bond donors (Lipinski definition) is 0. The molecule has 1 aliphatic rings. The van der Waals surface area contributed by atoms with Gasteiger partial charge in [-0.1, -0.05) is 43.9 Å². The van der Waals surface area contributed by atoms with Gasteiger partial charge in [0, 0.05) is 12.7 Å². The second-order valence-corrected chi connectivity index (χ2v) is 5.76. The van der Waals surface area contributed by atoms with Crippen molar-refractivity contribution in [1.29, 1.82) is 5.26 Å². The number of carbonyl (C=O) groups is 1. The van der Waals surface area contributed by atoms with Crippen molar-refractivity contribution >= 4 is 11.6 Å². The lowest BCUT2D eigenvalue weighted by Crippen LogP contribution is -2.41. The van der Waals surface area contributed by atoms with Crippen LogP contribution in [0, 0.1) is 23.7 Å². The van der Waals surface area contributed by atoms with Crippen molar-refractivity contribution in [2.75, 3.05) is 11.9 Å².